The van der Waals surface area contributed by atoms with Gasteiger partial charge in [0, 0.05) is 16.6 Å². The summed E-state index contributed by atoms with van der Waals surface area (Å²) in [4.78, 5) is 3.50. The van der Waals surface area contributed by atoms with E-state index in [1.165, 1.54) is 29.4 Å². The molecule has 1 heterocycles. The van der Waals surface area contributed by atoms with Gasteiger partial charge < -0.3 is 4.98 Å². The topological polar surface area (TPSA) is 15.8 Å². The Hall–Kier alpha value is -1.24. The Kier molecular flexibility index (Phi) is 1.20. The monoisotopic (exact) mass is 171 g/mol. The van der Waals surface area contributed by atoms with Crippen molar-refractivity contribution in [1.82, 2.24) is 4.98 Å². The van der Waals surface area contributed by atoms with Crippen LogP contribution in [0.1, 0.15) is 25.5 Å². The van der Waals surface area contributed by atoms with Crippen LogP contribution in [-0.2, 0) is 5.41 Å². The van der Waals surface area contributed by atoms with Gasteiger partial charge in [-0.05, 0) is 30.4 Å². The van der Waals surface area contributed by atoms with Gasteiger partial charge in [-0.25, -0.2) is 0 Å². The van der Waals surface area contributed by atoms with Crippen molar-refractivity contribution in [2.75, 3.05) is 0 Å². The largest absolute Gasteiger partial charge is 0.358 e. The van der Waals surface area contributed by atoms with Crippen LogP contribution in [0.4, 0.5) is 0 Å². The normalized spacial score (nSPS) is 19.2. The van der Waals surface area contributed by atoms with Crippen molar-refractivity contribution < 1.29 is 0 Å². The number of aromatic nitrogens is 1. The number of H-pyrrole nitrogens is 1. The van der Waals surface area contributed by atoms with Crippen molar-refractivity contribution in [3.63, 3.8) is 0 Å². The van der Waals surface area contributed by atoms with Crippen molar-refractivity contribution >= 4 is 10.9 Å². The van der Waals surface area contributed by atoms with Gasteiger partial charge in [-0.3, -0.25) is 0 Å². The first kappa shape index (κ1) is 7.19. The molecule has 1 aliphatic rings. The highest BCUT2D eigenvalue weighted by atomic mass is 14.8. The van der Waals surface area contributed by atoms with Gasteiger partial charge in [-0.1, -0.05) is 25.1 Å². The van der Waals surface area contributed by atoms with Crippen molar-refractivity contribution in [2.24, 2.45) is 0 Å². The molecule has 0 spiro atoms. The van der Waals surface area contributed by atoms with E-state index in [-0.39, 0.29) is 0 Å². The molecule has 1 aliphatic carbocycles. The van der Waals surface area contributed by atoms with Gasteiger partial charge in [-0.15, -0.1) is 0 Å². The molecule has 1 nitrogen and oxygen atoms in total. The van der Waals surface area contributed by atoms with E-state index in [0.29, 0.717) is 5.41 Å². The molecule has 1 aromatic carbocycles. The molecule has 0 atom stereocenters. The van der Waals surface area contributed by atoms with Gasteiger partial charge in [0.05, 0.1) is 0 Å². The molecule has 1 fully saturated rings. The standard InChI is InChI=1S/C12H13N/c1-12(6-7-12)11-8-9-4-2-3-5-10(9)13-11/h2-5,8,13H,6-7H2,1H3. The van der Waals surface area contributed by atoms with E-state index >= 15 is 0 Å². The van der Waals surface area contributed by atoms with E-state index < -0.39 is 0 Å². The maximum Gasteiger partial charge on any atom is 0.0456 e. The molecule has 0 amide bonds. The second-order valence-electron chi connectivity index (χ2n) is 4.33. The summed E-state index contributed by atoms with van der Waals surface area (Å²) in [7, 11) is 0. The SMILES string of the molecule is CC1(c2cc3ccccc3[nH]2)CC1. The summed E-state index contributed by atoms with van der Waals surface area (Å²) in [6, 6.07) is 10.8. The van der Waals surface area contributed by atoms with Crippen LogP contribution < -0.4 is 0 Å². The Bertz CT molecular complexity index is 416. The van der Waals surface area contributed by atoms with Gasteiger partial charge >= 0.3 is 0 Å². The highest BCUT2D eigenvalue weighted by Crippen LogP contribution is 2.47. The van der Waals surface area contributed by atoms with Crippen LogP contribution in [0.15, 0.2) is 30.3 Å². The fourth-order valence-electron chi connectivity index (χ4n) is 1.86. The zero-order valence-electron chi connectivity index (χ0n) is 7.80. The Morgan fingerprint density at radius 3 is 2.69 bits per heavy atom. The quantitative estimate of drug-likeness (QED) is 0.678. The second kappa shape index (κ2) is 2.16. The number of nitrogens with one attached hydrogen (secondary N) is 1. The zero-order chi connectivity index (χ0) is 8.89. The lowest BCUT2D eigenvalue weighted by molar-refractivity contribution is 0.761. The van der Waals surface area contributed by atoms with Crippen LogP contribution in [0.2, 0.25) is 0 Å². The number of benzene rings is 1. The van der Waals surface area contributed by atoms with Crippen LogP contribution in [0.3, 0.4) is 0 Å². The average Bonchev–Trinajstić information content (AvgIpc) is 2.76. The third-order valence-electron chi connectivity index (χ3n) is 3.18. The first-order chi connectivity index (χ1) is 6.28. The number of hydrogen-bond donors (Lipinski definition) is 1. The third-order valence-corrected chi connectivity index (χ3v) is 3.18. The molecule has 1 heteroatoms. The van der Waals surface area contributed by atoms with Crippen LogP contribution in [0, 0.1) is 0 Å². The molecule has 1 aromatic heterocycles. The number of fused-ring (bicyclic) bond motifs is 1. The third kappa shape index (κ3) is 0.998. The highest BCUT2D eigenvalue weighted by Gasteiger charge is 2.40. The fraction of sp³-hybridized carbons (Fsp3) is 0.333. The summed E-state index contributed by atoms with van der Waals surface area (Å²) in [5.41, 5.74) is 3.14. The first-order valence-corrected chi connectivity index (χ1v) is 4.86. The molecule has 0 saturated heterocycles. The number of para-hydroxylation sites is 1. The Morgan fingerprint density at radius 2 is 2.00 bits per heavy atom. The van der Waals surface area contributed by atoms with Gasteiger partial charge in [0.15, 0.2) is 0 Å². The van der Waals surface area contributed by atoms with Crippen LogP contribution in [0.5, 0.6) is 0 Å². The lowest BCUT2D eigenvalue weighted by Gasteiger charge is -2.02. The molecule has 2 aromatic rings. The summed E-state index contributed by atoms with van der Waals surface area (Å²) in [5.74, 6) is 0. The molecule has 0 bridgehead atoms. The molecular formula is C12H13N. The molecular weight excluding hydrogens is 158 g/mol. The molecule has 66 valence electrons. The lowest BCUT2D eigenvalue weighted by atomic mass is 10.1. The molecule has 1 N–H and O–H groups in total. The minimum absolute atomic E-state index is 0.457. The van der Waals surface area contributed by atoms with Crippen molar-refractivity contribution in [1.29, 1.82) is 0 Å². The number of aromatic amines is 1. The highest BCUT2D eigenvalue weighted by molar-refractivity contribution is 5.80. The number of hydrogen-bond acceptors (Lipinski definition) is 0. The lowest BCUT2D eigenvalue weighted by Crippen LogP contribution is -1.98. The second-order valence-corrected chi connectivity index (χ2v) is 4.33. The Balaban J connectivity index is 2.22. The fourth-order valence-corrected chi connectivity index (χ4v) is 1.86. The zero-order valence-corrected chi connectivity index (χ0v) is 7.80. The van der Waals surface area contributed by atoms with E-state index in [0.717, 1.165) is 0 Å². The smallest absolute Gasteiger partial charge is 0.0456 e. The van der Waals surface area contributed by atoms with E-state index in [2.05, 4.69) is 42.2 Å². The molecule has 0 aliphatic heterocycles. The summed E-state index contributed by atoms with van der Waals surface area (Å²) >= 11 is 0. The average molecular weight is 171 g/mol. The van der Waals surface area contributed by atoms with E-state index in [4.69, 9.17) is 0 Å². The van der Waals surface area contributed by atoms with E-state index in [1.54, 1.807) is 0 Å². The van der Waals surface area contributed by atoms with Crippen LogP contribution in [-0.4, -0.2) is 4.98 Å². The number of rotatable bonds is 1. The van der Waals surface area contributed by atoms with Crippen molar-refractivity contribution in [3.05, 3.63) is 36.0 Å². The minimum Gasteiger partial charge on any atom is -0.358 e. The van der Waals surface area contributed by atoms with Crippen molar-refractivity contribution in [2.45, 2.75) is 25.2 Å². The first-order valence-electron chi connectivity index (χ1n) is 4.86. The maximum absolute atomic E-state index is 3.50. The molecule has 0 unspecified atom stereocenters. The molecule has 1 saturated carbocycles. The summed E-state index contributed by atoms with van der Waals surface area (Å²) in [6.45, 7) is 2.33. The van der Waals surface area contributed by atoms with Gasteiger partial charge in [0.25, 0.3) is 0 Å². The van der Waals surface area contributed by atoms with E-state index in [1.807, 2.05) is 0 Å². The van der Waals surface area contributed by atoms with Gasteiger partial charge in [0.1, 0.15) is 0 Å². The molecule has 3 rings (SSSR count). The van der Waals surface area contributed by atoms with Gasteiger partial charge in [0.2, 0.25) is 0 Å². The summed E-state index contributed by atoms with van der Waals surface area (Å²) < 4.78 is 0. The maximum atomic E-state index is 3.50. The summed E-state index contributed by atoms with van der Waals surface area (Å²) in [5, 5.41) is 1.34. The Morgan fingerprint density at radius 1 is 1.23 bits per heavy atom. The summed E-state index contributed by atoms with van der Waals surface area (Å²) in [6.07, 6.45) is 2.67. The van der Waals surface area contributed by atoms with E-state index in [9.17, 15) is 0 Å². The van der Waals surface area contributed by atoms with Gasteiger partial charge in [-0.2, -0.15) is 0 Å². The Labute approximate surface area is 77.8 Å². The van der Waals surface area contributed by atoms with Crippen LogP contribution in [0.25, 0.3) is 10.9 Å². The van der Waals surface area contributed by atoms with Crippen molar-refractivity contribution in [3.8, 4) is 0 Å². The predicted molar refractivity (Wildman–Crippen MR) is 54.9 cm³/mol. The molecule has 13 heavy (non-hydrogen) atoms. The minimum atomic E-state index is 0.457. The van der Waals surface area contributed by atoms with Crippen LogP contribution >= 0.6 is 0 Å². The molecule has 0 radical (unpaired) electrons. The predicted octanol–water partition coefficient (Wildman–Crippen LogP) is 3.22.